The van der Waals surface area contributed by atoms with Gasteiger partial charge in [-0.05, 0) is 43.2 Å². The van der Waals surface area contributed by atoms with E-state index in [1.807, 2.05) is 13.8 Å². The number of rotatable bonds is 3. The summed E-state index contributed by atoms with van der Waals surface area (Å²) in [6.07, 6.45) is 3.28. The van der Waals surface area contributed by atoms with Gasteiger partial charge in [0.05, 0.1) is 36.2 Å². The zero-order chi connectivity index (χ0) is 19.8. The Balaban J connectivity index is 1.64. The molecule has 28 heavy (non-hydrogen) atoms. The van der Waals surface area contributed by atoms with E-state index in [2.05, 4.69) is 15.4 Å². The molecule has 4 rings (SSSR count). The molecule has 0 spiro atoms. The van der Waals surface area contributed by atoms with Crippen LogP contribution in [0.15, 0.2) is 36.7 Å². The average molecular weight is 401 g/mol. The van der Waals surface area contributed by atoms with Crippen molar-refractivity contribution in [2.75, 3.05) is 6.61 Å². The monoisotopic (exact) mass is 400 g/mol. The Morgan fingerprint density at radius 1 is 1.32 bits per heavy atom. The van der Waals surface area contributed by atoms with Crippen LogP contribution in [0.5, 0.6) is 0 Å². The largest absolute Gasteiger partial charge is 0.373 e. The highest BCUT2D eigenvalue weighted by molar-refractivity contribution is 6.32. The lowest BCUT2D eigenvalue weighted by Gasteiger charge is -2.24. The Kier molecular flexibility index (Phi) is 4.87. The van der Waals surface area contributed by atoms with Crippen molar-refractivity contribution in [3.63, 3.8) is 0 Å². The highest BCUT2D eigenvalue weighted by atomic mass is 35.5. The van der Waals surface area contributed by atoms with Gasteiger partial charge in [-0.15, -0.1) is 0 Å². The fourth-order valence-electron chi connectivity index (χ4n) is 3.17. The number of amides is 1. The summed E-state index contributed by atoms with van der Waals surface area (Å²) < 4.78 is 21.4. The summed E-state index contributed by atoms with van der Waals surface area (Å²) in [6, 6.07) is 5.79. The third kappa shape index (κ3) is 3.27. The van der Waals surface area contributed by atoms with Gasteiger partial charge in [-0.3, -0.25) is 9.78 Å². The molecule has 3 aromatic rings. The second kappa shape index (κ2) is 7.33. The highest BCUT2D eigenvalue weighted by Gasteiger charge is 2.28. The summed E-state index contributed by atoms with van der Waals surface area (Å²) in [5.41, 5.74) is 3.92. The number of fused-ring (bicyclic) bond motifs is 1. The zero-order valence-corrected chi connectivity index (χ0v) is 16.1. The molecule has 0 saturated heterocycles. The van der Waals surface area contributed by atoms with E-state index in [0.29, 0.717) is 18.0 Å². The topological polar surface area (TPSA) is 69.0 Å². The van der Waals surface area contributed by atoms with Crippen LogP contribution >= 0.6 is 11.6 Å². The quantitative estimate of drug-likeness (QED) is 0.728. The molecule has 6 nitrogen and oxygen atoms in total. The summed E-state index contributed by atoms with van der Waals surface area (Å²) in [5.74, 6) is -0.787. The van der Waals surface area contributed by atoms with Gasteiger partial charge in [-0.1, -0.05) is 17.7 Å². The number of para-hydroxylation sites is 1. The SMILES string of the molecule is Cc1cnc(C(=O)N[C@H]2COCc3c2cnn3-c2c(F)cccc2Cl)cc1C. The second-order valence-electron chi connectivity index (χ2n) is 6.72. The lowest BCUT2D eigenvalue weighted by atomic mass is 10.1. The molecular formula is C20H18ClFN4O2. The number of hydrogen-bond donors (Lipinski definition) is 1. The van der Waals surface area contributed by atoms with E-state index < -0.39 is 11.9 Å². The number of benzene rings is 1. The molecular weight excluding hydrogens is 383 g/mol. The Labute approximate surface area is 166 Å². The minimum atomic E-state index is -0.483. The third-order valence-corrected chi connectivity index (χ3v) is 5.16. The third-order valence-electron chi connectivity index (χ3n) is 4.86. The number of hydrogen-bond acceptors (Lipinski definition) is 4. The maximum atomic E-state index is 14.3. The molecule has 1 N–H and O–H groups in total. The van der Waals surface area contributed by atoms with Gasteiger partial charge in [0.2, 0.25) is 0 Å². The van der Waals surface area contributed by atoms with Crippen LogP contribution in [0.25, 0.3) is 5.69 Å². The first-order chi connectivity index (χ1) is 13.5. The first kappa shape index (κ1) is 18.6. The number of aromatic nitrogens is 3. The first-order valence-corrected chi connectivity index (χ1v) is 9.16. The van der Waals surface area contributed by atoms with E-state index in [1.54, 1.807) is 24.5 Å². The normalized spacial score (nSPS) is 15.9. The summed E-state index contributed by atoms with van der Waals surface area (Å²) in [4.78, 5) is 16.8. The van der Waals surface area contributed by atoms with Gasteiger partial charge in [0.15, 0.2) is 0 Å². The molecule has 0 unspecified atom stereocenters. The van der Waals surface area contributed by atoms with Crippen molar-refractivity contribution in [3.05, 3.63) is 75.6 Å². The van der Waals surface area contributed by atoms with Crippen molar-refractivity contribution in [1.29, 1.82) is 0 Å². The Morgan fingerprint density at radius 3 is 2.89 bits per heavy atom. The molecule has 0 bridgehead atoms. The second-order valence-corrected chi connectivity index (χ2v) is 7.13. The van der Waals surface area contributed by atoms with Crippen LogP contribution < -0.4 is 5.32 Å². The van der Waals surface area contributed by atoms with Crippen molar-refractivity contribution >= 4 is 17.5 Å². The zero-order valence-electron chi connectivity index (χ0n) is 15.4. The van der Waals surface area contributed by atoms with Gasteiger partial charge < -0.3 is 10.1 Å². The molecule has 3 heterocycles. The predicted octanol–water partition coefficient (Wildman–Crippen LogP) is 3.68. The van der Waals surface area contributed by atoms with Gasteiger partial charge in [0.25, 0.3) is 5.91 Å². The van der Waals surface area contributed by atoms with E-state index in [0.717, 1.165) is 16.7 Å². The van der Waals surface area contributed by atoms with Crippen LogP contribution in [-0.4, -0.2) is 27.3 Å². The van der Waals surface area contributed by atoms with Gasteiger partial charge in [0.1, 0.15) is 17.2 Å². The van der Waals surface area contributed by atoms with Crippen LogP contribution in [0.2, 0.25) is 5.02 Å². The predicted molar refractivity (Wildman–Crippen MR) is 102 cm³/mol. The van der Waals surface area contributed by atoms with Gasteiger partial charge in [-0.25, -0.2) is 9.07 Å². The minimum absolute atomic E-state index is 0.164. The lowest BCUT2D eigenvalue weighted by molar-refractivity contribution is 0.0684. The van der Waals surface area contributed by atoms with E-state index in [1.165, 1.54) is 16.8 Å². The number of aryl methyl sites for hydroxylation is 2. The van der Waals surface area contributed by atoms with Gasteiger partial charge in [-0.2, -0.15) is 5.10 Å². The Bertz CT molecular complexity index is 1050. The van der Waals surface area contributed by atoms with E-state index in [4.69, 9.17) is 16.3 Å². The molecule has 1 amide bonds. The molecule has 1 aliphatic heterocycles. The molecule has 0 radical (unpaired) electrons. The summed E-state index contributed by atoms with van der Waals surface area (Å²) >= 11 is 6.17. The minimum Gasteiger partial charge on any atom is -0.373 e. The average Bonchev–Trinajstić information content (AvgIpc) is 3.09. The summed E-state index contributed by atoms with van der Waals surface area (Å²) in [7, 11) is 0. The maximum absolute atomic E-state index is 14.3. The molecule has 8 heteroatoms. The fourth-order valence-corrected chi connectivity index (χ4v) is 3.41. The Morgan fingerprint density at radius 2 is 2.14 bits per heavy atom. The molecule has 0 aliphatic carbocycles. The summed E-state index contributed by atoms with van der Waals surface area (Å²) in [5, 5.41) is 7.46. The van der Waals surface area contributed by atoms with Crippen LogP contribution in [-0.2, 0) is 11.3 Å². The molecule has 1 aromatic carbocycles. The van der Waals surface area contributed by atoms with Crippen LogP contribution in [0, 0.1) is 19.7 Å². The van der Waals surface area contributed by atoms with Crippen LogP contribution in [0.3, 0.4) is 0 Å². The highest BCUT2D eigenvalue weighted by Crippen LogP contribution is 2.30. The van der Waals surface area contributed by atoms with Crippen molar-refractivity contribution in [1.82, 2.24) is 20.1 Å². The van der Waals surface area contributed by atoms with E-state index in [9.17, 15) is 9.18 Å². The van der Waals surface area contributed by atoms with E-state index >= 15 is 0 Å². The number of carbonyl (C=O) groups is 1. The molecule has 1 atom stereocenters. The fraction of sp³-hybridized carbons (Fsp3) is 0.250. The molecule has 0 fully saturated rings. The number of ether oxygens (including phenoxy) is 1. The van der Waals surface area contributed by atoms with Crippen molar-refractivity contribution in [2.24, 2.45) is 0 Å². The number of halogens is 2. The number of carbonyl (C=O) groups excluding carboxylic acids is 1. The standard InChI is InChI=1S/C20H18ClFN4O2/c1-11-6-16(23-7-12(11)2)20(27)25-17-9-28-10-18-13(17)8-24-26(18)19-14(21)4-3-5-15(19)22/h3-8,17H,9-10H2,1-2H3,(H,25,27)/t17-/m0/s1. The summed E-state index contributed by atoms with van der Waals surface area (Å²) in [6.45, 7) is 4.40. The number of nitrogens with zero attached hydrogens (tertiary/aromatic N) is 3. The maximum Gasteiger partial charge on any atom is 0.270 e. The first-order valence-electron chi connectivity index (χ1n) is 8.78. The van der Waals surface area contributed by atoms with E-state index in [-0.39, 0.29) is 23.2 Å². The molecule has 144 valence electrons. The Hall–Kier alpha value is -2.77. The molecule has 0 saturated carbocycles. The van der Waals surface area contributed by atoms with Crippen molar-refractivity contribution < 1.29 is 13.9 Å². The number of pyridine rings is 1. The van der Waals surface area contributed by atoms with Gasteiger partial charge in [0, 0.05) is 11.8 Å². The van der Waals surface area contributed by atoms with Gasteiger partial charge >= 0.3 is 0 Å². The smallest absolute Gasteiger partial charge is 0.270 e. The van der Waals surface area contributed by atoms with Crippen molar-refractivity contribution in [3.8, 4) is 5.69 Å². The lowest BCUT2D eigenvalue weighted by Crippen LogP contribution is -2.34. The number of nitrogens with one attached hydrogen (secondary N) is 1. The molecule has 1 aliphatic rings. The van der Waals surface area contributed by atoms with Crippen LogP contribution in [0.1, 0.15) is 38.9 Å². The molecule has 2 aromatic heterocycles. The van der Waals surface area contributed by atoms with Crippen molar-refractivity contribution in [2.45, 2.75) is 26.5 Å². The van der Waals surface area contributed by atoms with Crippen LogP contribution in [0.4, 0.5) is 4.39 Å².